The summed E-state index contributed by atoms with van der Waals surface area (Å²) < 4.78 is 11.4. The largest absolute Gasteiger partial charge is 0.494 e. The molecule has 0 saturated carbocycles. The van der Waals surface area contributed by atoms with E-state index in [1.54, 1.807) is 98.0 Å². The van der Waals surface area contributed by atoms with Crippen LogP contribution in [-0.4, -0.2) is 46.6 Å². The number of benzene rings is 3. The second-order valence-electron chi connectivity index (χ2n) is 11.7. The minimum absolute atomic E-state index is 0.0777. The summed E-state index contributed by atoms with van der Waals surface area (Å²) in [5.74, 6) is -0.266. The second kappa shape index (κ2) is 18.1. The lowest BCUT2D eigenvalue weighted by molar-refractivity contribution is -0.117. The smallest absolute Gasteiger partial charge is 0.343 e. The van der Waals surface area contributed by atoms with Crippen LogP contribution in [-0.2, 0) is 11.3 Å². The molecule has 1 aromatic heterocycles. The van der Waals surface area contributed by atoms with Crippen molar-refractivity contribution in [3.05, 3.63) is 119 Å². The third kappa shape index (κ3) is 10.9. The molecule has 0 saturated heterocycles. The Morgan fingerprint density at radius 2 is 1.42 bits per heavy atom. The van der Waals surface area contributed by atoms with Gasteiger partial charge in [-0.1, -0.05) is 57.2 Å². The highest BCUT2D eigenvalue weighted by Gasteiger charge is 2.19. The summed E-state index contributed by atoms with van der Waals surface area (Å²) in [5, 5.41) is 2.79. The summed E-state index contributed by atoms with van der Waals surface area (Å²) in [4.78, 5) is 56.4. The van der Waals surface area contributed by atoms with Crippen LogP contribution in [0.1, 0.15) is 94.7 Å². The first-order valence-electron chi connectivity index (χ1n) is 16.4. The molecule has 0 aliphatic carbocycles. The summed E-state index contributed by atoms with van der Waals surface area (Å²) >= 11 is 0. The minimum Gasteiger partial charge on any atom is -0.494 e. The number of nitrogens with zero attached hydrogens (tertiary/aromatic N) is 2. The number of hydrogen-bond acceptors (Lipinski definition) is 7. The monoisotopic (exact) mass is 649 g/mol. The van der Waals surface area contributed by atoms with Crippen LogP contribution in [0.4, 0.5) is 5.69 Å². The van der Waals surface area contributed by atoms with Gasteiger partial charge in [0, 0.05) is 24.0 Å². The van der Waals surface area contributed by atoms with Gasteiger partial charge in [0.2, 0.25) is 0 Å². The zero-order valence-electron chi connectivity index (χ0n) is 27.9. The van der Waals surface area contributed by atoms with E-state index in [0.29, 0.717) is 40.6 Å². The molecule has 4 aromatic rings. The average molecular weight is 650 g/mol. The number of aromatic nitrogens is 1. The highest BCUT2D eigenvalue weighted by Crippen LogP contribution is 2.20. The number of carbonyl (C=O) groups is 4. The fourth-order valence-corrected chi connectivity index (χ4v) is 5.07. The Kier molecular flexibility index (Phi) is 13.4. The van der Waals surface area contributed by atoms with E-state index in [2.05, 4.69) is 17.2 Å². The van der Waals surface area contributed by atoms with Crippen LogP contribution in [0.15, 0.2) is 91.1 Å². The number of ether oxygens (including phenoxy) is 2. The molecule has 0 radical (unpaired) electrons. The molecular weight excluding hydrogens is 606 g/mol. The maximum atomic E-state index is 13.4. The van der Waals surface area contributed by atoms with Gasteiger partial charge in [0.25, 0.3) is 11.8 Å². The van der Waals surface area contributed by atoms with E-state index in [4.69, 9.17) is 9.47 Å². The normalized spacial score (nSPS) is 10.6. The van der Waals surface area contributed by atoms with Gasteiger partial charge in [-0.3, -0.25) is 19.4 Å². The average Bonchev–Trinajstić information content (AvgIpc) is 3.08. The fourth-order valence-electron chi connectivity index (χ4n) is 5.07. The van der Waals surface area contributed by atoms with E-state index >= 15 is 0 Å². The van der Waals surface area contributed by atoms with Gasteiger partial charge in [-0.05, 0) is 98.1 Å². The lowest BCUT2D eigenvalue weighted by Gasteiger charge is -2.22. The molecule has 9 nitrogen and oxygen atoms in total. The SMILES string of the molecule is CCCCCCCCOc1ccc(C(=O)Oc2ccc(CN(CC(C)=O)C(=O)c3ccc(NC(=O)c4ncccc4C)cc3)cc2)cc1. The Bertz CT molecular complexity index is 1670. The van der Waals surface area contributed by atoms with Crippen molar-refractivity contribution in [3.63, 3.8) is 0 Å². The van der Waals surface area contributed by atoms with E-state index in [9.17, 15) is 19.2 Å². The van der Waals surface area contributed by atoms with Gasteiger partial charge >= 0.3 is 5.97 Å². The van der Waals surface area contributed by atoms with E-state index in [1.165, 1.54) is 37.5 Å². The maximum Gasteiger partial charge on any atom is 0.343 e. The first-order valence-corrected chi connectivity index (χ1v) is 16.4. The Hall–Kier alpha value is -5.31. The van der Waals surface area contributed by atoms with Crippen molar-refractivity contribution in [3.8, 4) is 11.5 Å². The van der Waals surface area contributed by atoms with Crippen LogP contribution in [0.25, 0.3) is 0 Å². The molecule has 0 bridgehead atoms. The number of unbranched alkanes of at least 4 members (excludes halogenated alkanes) is 5. The van der Waals surface area contributed by atoms with Gasteiger partial charge in [0.15, 0.2) is 0 Å². The molecule has 0 fully saturated rings. The molecule has 1 heterocycles. The van der Waals surface area contributed by atoms with Gasteiger partial charge in [-0.2, -0.15) is 0 Å². The van der Waals surface area contributed by atoms with Crippen LogP contribution in [0, 0.1) is 6.92 Å². The molecule has 0 spiro atoms. The molecule has 9 heteroatoms. The van der Waals surface area contributed by atoms with Crippen molar-refractivity contribution in [2.24, 2.45) is 0 Å². The summed E-state index contributed by atoms with van der Waals surface area (Å²) in [6.07, 6.45) is 8.71. The number of Topliss-reactive ketones (excluding diaryl/α,β-unsaturated/α-hetero) is 1. The van der Waals surface area contributed by atoms with Gasteiger partial charge in [-0.15, -0.1) is 0 Å². The number of rotatable bonds is 17. The van der Waals surface area contributed by atoms with Crippen molar-refractivity contribution < 1.29 is 28.7 Å². The van der Waals surface area contributed by atoms with Crippen molar-refractivity contribution in [1.82, 2.24) is 9.88 Å². The van der Waals surface area contributed by atoms with E-state index in [1.807, 2.05) is 0 Å². The Balaban J connectivity index is 1.30. The number of pyridine rings is 1. The lowest BCUT2D eigenvalue weighted by atomic mass is 10.1. The van der Waals surface area contributed by atoms with Crippen molar-refractivity contribution in [2.45, 2.75) is 65.8 Å². The van der Waals surface area contributed by atoms with Gasteiger partial charge in [-0.25, -0.2) is 4.79 Å². The zero-order valence-corrected chi connectivity index (χ0v) is 27.9. The summed E-state index contributed by atoms with van der Waals surface area (Å²) in [6, 6.07) is 23.8. The zero-order chi connectivity index (χ0) is 34.3. The number of anilines is 1. The maximum absolute atomic E-state index is 13.4. The molecule has 3 aromatic carbocycles. The highest BCUT2D eigenvalue weighted by molar-refractivity contribution is 6.04. The van der Waals surface area contributed by atoms with E-state index < -0.39 is 5.97 Å². The van der Waals surface area contributed by atoms with Gasteiger partial charge in [0.1, 0.15) is 23.0 Å². The molecule has 0 unspecified atom stereocenters. The summed E-state index contributed by atoms with van der Waals surface area (Å²) in [5.41, 5.74) is 3.12. The first-order chi connectivity index (χ1) is 23.2. The van der Waals surface area contributed by atoms with Crippen molar-refractivity contribution in [2.75, 3.05) is 18.5 Å². The Morgan fingerprint density at radius 1 is 0.771 bits per heavy atom. The molecule has 1 N–H and O–H groups in total. The van der Waals surface area contributed by atoms with Crippen LogP contribution in [0.5, 0.6) is 11.5 Å². The predicted molar refractivity (Wildman–Crippen MR) is 186 cm³/mol. The number of amides is 2. The summed E-state index contributed by atoms with van der Waals surface area (Å²) in [7, 11) is 0. The first kappa shape index (κ1) is 35.5. The molecule has 2 amide bonds. The van der Waals surface area contributed by atoms with Crippen molar-refractivity contribution in [1.29, 1.82) is 0 Å². The van der Waals surface area contributed by atoms with Gasteiger partial charge in [0.05, 0.1) is 18.7 Å². The molecule has 4 rings (SSSR count). The Labute approximate surface area is 282 Å². The number of nitrogens with one attached hydrogen (secondary N) is 1. The third-order valence-corrected chi connectivity index (χ3v) is 7.68. The molecular formula is C39H43N3O6. The molecule has 0 aliphatic rings. The van der Waals surface area contributed by atoms with E-state index in [-0.39, 0.29) is 30.7 Å². The number of aryl methyl sites for hydroxylation is 1. The minimum atomic E-state index is -0.492. The topological polar surface area (TPSA) is 115 Å². The summed E-state index contributed by atoms with van der Waals surface area (Å²) in [6.45, 7) is 6.18. The second-order valence-corrected chi connectivity index (χ2v) is 11.7. The number of hydrogen-bond donors (Lipinski definition) is 1. The lowest BCUT2D eigenvalue weighted by Crippen LogP contribution is -2.34. The fraction of sp³-hybridized carbons (Fsp3) is 0.308. The highest BCUT2D eigenvalue weighted by atomic mass is 16.5. The number of ketones is 1. The molecule has 0 atom stereocenters. The third-order valence-electron chi connectivity index (χ3n) is 7.68. The van der Waals surface area contributed by atoms with Crippen LogP contribution >= 0.6 is 0 Å². The van der Waals surface area contributed by atoms with E-state index in [0.717, 1.165) is 24.0 Å². The van der Waals surface area contributed by atoms with Crippen LogP contribution in [0.3, 0.4) is 0 Å². The van der Waals surface area contributed by atoms with Crippen LogP contribution in [0.2, 0.25) is 0 Å². The molecule has 250 valence electrons. The predicted octanol–water partition coefficient (Wildman–Crippen LogP) is 7.83. The molecule has 0 aliphatic heterocycles. The van der Waals surface area contributed by atoms with Crippen LogP contribution < -0.4 is 14.8 Å². The standard InChI is InChI=1S/C39H43N3O6/c1-4-5-6-7-8-9-25-47-34-22-16-32(17-23-34)39(46)48-35-20-12-30(13-21-35)27-42(26-29(3)43)38(45)31-14-18-33(19-15-31)41-37(44)36-28(2)11-10-24-40-36/h10-24H,4-9,25-27H2,1-3H3,(H,41,44). The molecule has 48 heavy (non-hydrogen) atoms. The van der Waals surface area contributed by atoms with Crippen molar-refractivity contribution >= 4 is 29.3 Å². The number of carbonyl (C=O) groups excluding carboxylic acids is 4. The van der Waals surface area contributed by atoms with Gasteiger partial charge < -0.3 is 19.7 Å². The quantitative estimate of drug-likeness (QED) is 0.0704. The number of esters is 1. The Morgan fingerprint density at radius 3 is 2.08 bits per heavy atom.